The molecule has 0 radical (unpaired) electrons. The number of rotatable bonds is 4. The highest BCUT2D eigenvalue weighted by Gasteiger charge is 2.42. The Bertz CT molecular complexity index is 625. The normalized spacial score (nSPS) is 25.2. The number of aromatic nitrogens is 2. The molecule has 1 saturated carbocycles. The Morgan fingerprint density at radius 2 is 2.33 bits per heavy atom. The summed E-state index contributed by atoms with van der Waals surface area (Å²) in [5.41, 5.74) is 7.12. The monoisotopic (exact) mass is 287 g/mol. The van der Waals surface area contributed by atoms with Crippen molar-refractivity contribution in [1.29, 1.82) is 0 Å². The third-order valence-electron chi connectivity index (χ3n) is 4.48. The van der Waals surface area contributed by atoms with E-state index in [4.69, 9.17) is 15.0 Å². The summed E-state index contributed by atoms with van der Waals surface area (Å²) in [5, 5.41) is 4.11. The van der Waals surface area contributed by atoms with Gasteiger partial charge in [0.25, 0.3) is 0 Å². The minimum atomic E-state index is -0.181. The van der Waals surface area contributed by atoms with E-state index in [1.54, 1.807) is 7.11 Å². The SMILES string of the molecule is COc1cccc(Cc2noc(C3(C)CCCC3N)n2)c1. The second kappa shape index (κ2) is 5.48. The van der Waals surface area contributed by atoms with Crippen LogP contribution in [0.15, 0.2) is 28.8 Å². The fourth-order valence-electron chi connectivity index (χ4n) is 2.98. The number of benzene rings is 1. The summed E-state index contributed by atoms with van der Waals surface area (Å²) in [7, 11) is 1.66. The Labute approximate surface area is 124 Å². The quantitative estimate of drug-likeness (QED) is 0.935. The molecule has 1 fully saturated rings. The van der Waals surface area contributed by atoms with Crippen LogP contribution in [-0.4, -0.2) is 23.3 Å². The zero-order valence-corrected chi connectivity index (χ0v) is 12.5. The van der Waals surface area contributed by atoms with Crippen LogP contribution in [0.4, 0.5) is 0 Å². The number of nitrogens with two attached hydrogens (primary N) is 1. The maximum atomic E-state index is 6.20. The maximum Gasteiger partial charge on any atom is 0.234 e. The number of nitrogens with zero attached hydrogens (tertiary/aromatic N) is 2. The minimum absolute atomic E-state index is 0.0996. The molecule has 1 heterocycles. The zero-order valence-electron chi connectivity index (χ0n) is 12.5. The van der Waals surface area contributed by atoms with Crippen molar-refractivity contribution < 1.29 is 9.26 Å². The highest BCUT2D eigenvalue weighted by molar-refractivity contribution is 5.30. The summed E-state index contributed by atoms with van der Waals surface area (Å²) in [6, 6.07) is 8.00. The van der Waals surface area contributed by atoms with Gasteiger partial charge in [-0.1, -0.05) is 23.7 Å². The molecule has 2 aromatic rings. The van der Waals surface area contributed by atoms with Crippen molar-refractivity contribution in [2.45, 2.75) is 44.1 Å². The highest BCUT2D eigenvalue weighted by atomic mass is 16.5. The number of hydrogen-bond acceptors (Lipinski definition) is 5. The first-order valence-electron chi connectivity index (χ1n) is 7.33. The van der Waals surface area contributed by atoms with E-state index in [0.717, 1.165) is 30.6 Å². The molecule has 1 aliphatic carbocycles. The molecular weight excluding hydrogens is 266 g/mol. The topological polar surface area (TPSA) is 74.2 Å². The van der Waals surface area contributed by atoms with Crippen LogP contribution >= 0.6 is 0 Å². The summed E-state index contributed by atoms with van der Waals surface area (Å²) >= 11 is 0. The molecule has 0 bridgehead atoms. The molecular formula is C16H21N3O2. The maximum absolute atomic E-state index is 6.20. The van der Waals surface area contributed by atoms with E-state index < -0.39 is 0 Å². The van der Waals surface area contributed by atoms with Gasteiger partial charge in [0.2, 0.25) is 5.89 Å². The van der Waals surface area contributed by atoms with Crippen LogP contribution < -0.4 is 10.5 Å². The lowest BCUT2D eigenvalue weighted by Crippen LogP contribution is -2.38. The molecule has 2 unspecified atom stereocenters. The van der Waals surface area contributed by atoms with Crippen LogP contribution in [0.2, 0.25) is 0 Å². The highest BCUT2D eigenvalue weighted by Crippen LogP contribution is 2.38. The largest absolute Gasteiger partial charge is 0.497 e. The van der Waals surface area contributed by atoms with Gasteiger partial charge in [0.1, 0.15) is 5.75 Å². The predicted molar refractivity (Wildman–Crippen MR) is 79.3 cm³/mol. The number of hydrogen-bond donors (Lipinski definition) is 1. The fraction of sp³-hybridized carbons (Fsp3) is 0.500. The molecule has 3 rings (SSSR count). The predicted octanol–water partition coefficient (Wildman–Crippen LogP) is 2.44. The van der Waals surface area contributed by atoms with E-state index in [9.17, 15) is 0 Å². The smallest absolute Gasteiger partial charge is 0.234 e. The van der Waals surface area contributed by atoms with Crippen molar-refractivity contribution in [2.24, 2.45) is 5.73 Å². The van der Waals surface area contributed by atoms with E-state index in [1.165, 1.54) is 0 Å². The molecule has 0 saturated heterocycles. The second-order valence-electron chi connectivity index (χ2n) is 5.96. The van der Waals surface area contributed by atoms with E-state index in [-0.39, 0.29) is 11.5 Å². The van der Waals surface area contributed by atoms with Crippen LogP contribution in [0.1, 0.15) is 43.5 Å². The lowest BCUT2D eigenvalue weighted by molar-refractivity contribution is 0.276. The Balaban J connectivity index is 1.79. The van der Waals surface area contributed by atoms with Crippen molar-refractivity contribution in [2.75, 3.05) is 7.11 Å². The molecule has 1 aromatic carbocycles. The van der Waals surface area contributed by atoms with Gasteiger partial charge in [0.05, 0.1) is 12.5 Å². The van der Waals surface area contributed by atoms with Crippen molar-refractivity contribution >= 4 is 0 Å². The van der Waals surface area contributed by atoms with Crippen molar-refractivity contribution in [3.05, 3.63) is 41.5 Å². The lowest BCUT2D eigenvalue weighted by atomic mass is 9.85. The molecule has 2 atom stereocenters. The summed E-state index contributed by atoms with van der Waals surface area (Å²) in [6.07, 6.45) is 3.77. The minimum Gasteiger partial charge on any atom is -0.497 e. The van der Waals surface area contributed by atoms with Gasteiger partial charge in [-0.25, -0.2) is 0 Å². The number of ether oxygens (including phenoxy) is 1. The van der Waals surface area contributed by atoms with Crippen LogP contribution in [0, 0.1) is 0 Å². The average Bonchev–Trinajstić information content (AvgIpc) is 3.08. The molecule has 2 N–H and O–H groups in total. The van der Waals surface area contributed by atoms with Crippen molar-refractivity contribution in [1.82, 2.24) is 10.1 Å². The molecule has 5 nitrogen and oxygen atoms in total. The van der Waals surface area contributed by atoms with E-state index >= 15 is 0 Å². The lowest BCUT2D eigenvalue weighted by Gasteiger charge is -2.23. The molecule has 1 aliphatic rings. The molecule has 21 heavy (non-hydrogen) atoms. The van der Waals surface area contributed by atoms with Gasteiger partial charge in [0, 0.05) is 12.5 Å². The van der Waals surface area contributed by atoms with Gasteiger partial charge in [-0.3, -0.25) is 0 Å². The van der Waals surface area contributed by atoms with Gasteiger partial charge in [0.15, 0.2) is 5.82 Å². The Kier molecular flexibility index (Phi) is 3.68. The summed E-state index contributed by atoms with van der Waals surface area (Å²) < 4.78 is 10.7. The first kappa shape index (κ1) is 14.1. The van der Waals surface area contributed by atoms with Crippen molar-refractivity contribution in [3.8, 4) is 5.75 Å². The van der Waals surface area contributed by atoms with E-state index in [0.29, 0.717) is 18.1 Å². The van der Waals surface area contributed by atoms with E-state index in [1.807, 2.05) is 24.3 Å². The third-order valence-corrected chi connectivity index (χ3v) is 4.48. The Hall–Kier alpha value is -1.88. The standard InChI is InChI=1S/C16H21N3O2/c1-16(8-4-7-13(16)17)15-18-14(19-21-15)10-11-5-3-6-12(9-11)20-2/h3,5-6,9,13H,4,7-8,10,17H2,1-2H3. The molecule has 5 heteroatoms. The Morgan fingerprint density at radius 3 is 3.05 bits per heavy atom. The van der Waals surface area contributed by atoms with Gasteiger partial charge < -0.3 is 15.0 Å². The van der Waals surface area contributed by atoms with Crippen LogP contribution in [0.5, 0.6) is 5.75 Å². The second-order valence-corrected chi connectivity index (χ2v) is 5.96. The van der Waals surface area contributed by atoms with Crippen LogP contribution in [-0.2, 0) is 11.8 Å². The molecule has 1 aromatic heterocycles. The summed E-state index contributed by atoms with van der Waals surface area (Å²) in [4.78, 5) is 4.57. The summed E-state index contributed by atoms with van der Waals surface area (Å²) in [5.74, 6) is 2.20. The Morgan fingerprint density at radius 1 is 1.48 bits per heavy atom. The average molecular weight is 287 g/mol. The molecule has 0 amide bonds. The van der Waals surface area contributed by atoms with E-state index in [2.05, 4.69) is 17.1 Å². The molecule has 0 aliphatic heterocycles. The van der Waals surface area contributed by atoms with Gasteiger partial charge in [-0.2, -0.15) is 4.98 Å². The fourth-order valence-corrected chi connectivity index (χ4v) is 2.98. The van der Waals surface area contributed by atoms with Gasteiger partial charge >= 0.3 is 0 Å². The first-order valence-corrected chi connectivity index (χ1v) is 7.33. The summed E-state index contributed by atoms with van der Waals surface area (Å²) in [6.45, 7) is 2.12. The van der Waals surface area contributed by atoms with Gasteiger partial charge in [-0.05, 0) is 37.5 Å². The van der Waals surface area contributed by atoms with Gasteiger partial charge in [-0.15, -0.1) is 0 Å². The number of methoxy groups -OCH3 is 1. The van der Waals surface area contributed by atoms with Crippen molar-refractivity contribution in [3.63, 3.8) is 0 Å². The third kappa shape index (κ3) is 2.65. The first-order chi connectivity index (χ1) is 10.1. The molecule has 0 spiro atoms. The zero-order chi connectivity index (χ0) is 14.9. The molecule has 112 valence electrons. The van der Waals surface area contributed by atoms with Crippen LogP contribution in [0.25, 0.3) is 0 Å². The van der Waals surface area contributed by atoms with Crippen LogP contribution in [0.3, 0.4) is 0 Å².